The third-order valence-electron chi connectivity index (χ3n) is 5.00. The van der Waals surface area contributed by atoms with Crippen LogP contribution < -0.4 is 5.46 Å². The van der Waals surface area contributed by atoms with Gasteiger partial charge < -0.3 is 14.6 Å². The highest BCUT2D eigenvalue weighted by atomic mass is 16.4. The number of hydrogen-bond acceptors (Lipinski definition) is 2. The predicted molar refractivity (Wildman–Crippen MR) is 108 cm³/mol. The average Bonchev–Trinajstić information content (AvgIpc) is 3.03. The van der Waals surface area contributed by atoms with Gasteiger partial charge in [-0.05, 0) is 17.5 Å². The fourth-order valence-corrected chi connectivity index (χ4v) is 3.90. The number of rotatable bonds is 2. The largest absolute Gasteiger partial charge is 0.490 e. The Labute approximate surface area is 150 Å². The first kappa shape index (κ1) is 15.2. The van der Waals surface area contributed by atoms with Crippen molar-refractivity contribution in [1.29, 1.82) is 0 Å². The highest BCUT2D eigenvalue weighted by Crippen LogP contribution is 2.35. The zero-order valence-electron chi connectivity index (χ0n) is 14.0. The average molecular weight is 337 g/mol. The monoisotopic (exact) mass is 337 g/mol. The molecule has 0 radical (unpaired) electrons. The van der Waals surface area contributed by atoms with Gasteiger partial charge in [-0.15, -0.1) is 0 Å². The Morgan fingerprint density at radius 2 is 1.27 bits per heavy atom. The molecule has 3 nitrogen and oxygen atoms in total. The summed E-state index contributed by atoms with van der Waals surface area (Å²) in [4.78, 5) is 0. The molecule has 0 spiro atoms. The maximum Gasteiger partial charge on any atom is 0.490 e. The van der Waals surface area contributed by atoms with Gasteiger partial charge in [-0.25, -0.2) is 0 Å². The first-order valence-corrected chi connectivity index (χ1v) is 8.62. The van der Waals surface area contributed by atoms with Crippen molar-refractivity contribution < 1.29 is 10.0 Å². The summed E-state index contributed by atoms with van der Waals surface area (Å²) in [7, 11) is -1.53. The van der Waals surface area contributed by atoms with Crippen LogP contribution in [0.3, 0.4) is 0 Å². The van der Waals surface area contributed by atoms with Crippen molar-refractivity contribution in [2.45, 2.75) is 0 Å². The standard InChI is InChI=1S/C22H16BNO2/c25-23(26)20-12-6-11-18-19-14-13-15-7-4-5-10-17(15)21(19)24(22(18)20)16-8-2-1-3-9-16/h1-14,25-26H. The Morgan fingerprint density at radius 3 is 2.08 bits per heavy atom. The molecule has 0 aliphatic heterocycles. The van der Waals surface area contributed by atoms with Gasteiger partial charge in [0.2, 0.25) is 0 Å². The molecule has 0 amide bonds. The number of nitrogens with zero attached hydrogens (tertiary/aromatic N) is 1. The van der Waals surface area contributed by atoms with Crippen LogP contribution in [0.2, 0.25) is 0 Å². The second kappa shape index (κ2) is 5.73. The SMILES string of the molecule is OB(O)c1cccc2c3ccc4ccccc4c3n(-c3ccccc3)c12. The third-order valence-corrected chi connectivity index (χ3v) is 5.00. The van der Waals surface area contributed by atoms with E-state index in [0.29, 0.717) is 5.46 Å². The van der Waals surface area contributed by atoms with Crippen LogP contribution in [0.25, 0.3) is 38.3 Å². The Balaban J connectivity index is 2.10. The van der Waals surface area contributed by atoms with E-state index in [0.717, 1.165) is 38.3 Å². The van der Waals surface area contributed by atoms with E-state index >= 15 is 0 Å². The van der Waals surface area contributed by atoms with Gasteiger partial charge in [0, 0.05) is 27.3 Å². The second-order valence-electron chi connectivity index (χ2n) is 6.47. The van der Waals surface area contributed by atoms with Crippen LogP contribution in [0.5, 0.6) is 0 Å². The van der Waals surface area contributed by atoms with Gasteiger partial charge in [-0.3, -0.25) is 0 Å². The van der Waals surface area contributed by atoms with Gasteiger partial charge in [0.15, 0.2) is 0 Å². The number of hydrogen-bond donors (Lipinski definition) is 2. The minimum atomic E-state index is -1.53. The molecule has 0 unspecified atom stereocenters. The van der Waals surface area contributed by atoms with Crippen molar-refractivity contribution in [2.24, 2.45) is 0 Å². The topological polar surface area (TPSA) is 45.4 Å². The molecule has 4 aromatic carbocycles. The van der Waals surface area contributed by atoms with Crippen molar-refractivity contribution in [3.63, 3.8) is 0 Å². The fourth-order valence-electron chi connectivity index (χ4n) is 3.90. The van der Waals surface area contributed by atoms with Gasteiger partial charge in [0.25, 0.3) is 0 Å². The Bertz CT molecular complexity index is 1260. The van der Waals surface area contributed by atoms with Crippen LogP contribution in [-0.4, -0.2) is 21.7 Å². The summed E-state index contributed by atoms with van der Waals surface area (Å²) in [6.07, 6.45) is 0. The molecule has 0 bridgehead atoms. The lowest BCUT2D eigenvalue weighted by Crippen LogP contribution is -2.31. The van der Waals surface area contributed by atoms with Gasteiger partial charge in [-0.2, -0.15) is 0 Å². The minimum absolute atomic E-state index is 0.506. The second-order valence-corrected chi connectivity index (χ2v) is 6.47. The van der Waals surface area contributed by atoms with Crippen molar-refractivity contribution in [1.82, 2.24) is 4.57 Å². The van der Waals surface area contributed by atoms with Gasteiger partial charge in [0.1, 0.15) is 0 Å². The highest BCUT2D eigenvalue weighted by Gasteiger charge is 2.22. The summed E-state index contributed by atoms with van der Waals surface area (Å²) < 4.78 is 2.14. The highest BCUT2D eigenvalue weighted by molar-refractivity contribution is 6.62. The molecule has 26 heavy (non-hydrogen) atoms. The summed E-state index contributed by atoms with van der Waals surface area (Å²) in [5.41, 5.74) is 3.42. The predicted octanol–water partition coefficient (Wildman–Crippen LogP) is 3.62. The molecule has 0 fully saturated rings. The molecule has 5 rings (SSSR count). The quantitative estimate of drug-likeness (QED) is 0.483. The van der Waals surface area contributed by atoms with Gasteiger partial charge in [0.05, 0.1) is 11.0 Å². The summed E-state index contributed by atoms with van der Waals surface area (Å²) >= 11 is 0. The van der Waals surface area contributed by atoms with Crippen molar-refractivity contribution in [3.8, 4) is 5.69 Å². The van der Waals surface area contributed by atoms with Gasteiger partial charge >= 0.3 is 7.12 Å². The van der Waals surface area contributed by atoms with E-state index in [9.17, 15) is 10.0 Å². The van der Waals surface area contributed by atoms with E-state index in [1.54, 1.807) is 6.07 Å². The number of aromatic nitrogens is 1. The van der Waals surface area contributed by atoms with Crippen LogP contribution in [0, 0.1) is 0 Å². The van der Waals surface area contributed by atoms with Crippen molar-refractivity contribution in [2.75, 3.05) is 0 Å². The molecule has 0 aliphatic rings. The number of fused-ring (bicyclic) bond motifs is 5. The molecule has 1 aromatic heterocycles. The van der Waals surface area contributed by atoms with E-state index < -0.39 is 7.12 Å². The van der Waals surface area contributed by atoms with Crippen LogP contribution in [0.15, 0.2) is 84.9 Å². The lowest BCUT2D eigenvalue weighted by Gasteiger charge is -2.12. The maximum absolute atomic E-state index is 9.97. The molecule has 0 atom stereocenters. The smallest absolute Gasteiger partial charge is 0.423 e. The molecular formula is C22H16BNO2. The van der Waals surface area contributed by atoms with E-state index in [4.69, 9.17) is 0 Å². The minimum Gasteiger partial charge on any atom is -0.423 e. The molecule has 124 valence electrons. The van der Waals surface area contributed by atoms with Crippen molar-refractivity contribution >= 4 is 45.2 Å². The first-order valence-electron chi connectivity index (χ1n) is 8.62. The molecule has 0 aliphatic carbocycles. The zero-order valence-corrected chi connectivity index (χ0v) is 14.0. The first-order chi connectivity index (χ1) is 12.8. The van der Waals surface area contributed by atoms with E-state index in [1.807, 2.05) is 54.6 Å². The lowest BCUT2D eigenvalue weighted by atomic mass is 9.79. The molecule has 4 heteroatoms. The fraction of sp³-hybridized carbons (Fsp3) is 0. The van der Waals surface area contributed by atoms with E-state index in [-0.39, 0.29) is 0 Å². The third kappa shape index (κ3) is 2.10. The van der Waals surface area contributed by atoms with Crippen LogP contribution in [0.1, 0.15) is 0 Å². The zero-order chi connectivity index (χ0) is 17.7. The van der Waals surface area contributed by atoms with Crippen molar-refractivity contribution in [3.05, 3.63) is 84.9 Å². The van der Waals surface area contributed by atoms with Gasteiger partial charge in [-0.1, -0.05) is 72.8 Å². The Hall–Kier alpha value is -3.08. The molecule has 1 heterocycles. The van der Waals surface area contributed by atoms with E-state index in [1.165, 1.54) is 0 Å². The number of para-hydroxylation sites is 2. The Morgan fingerprint density at radius 1 is 0.577 bits per heavy atom. The summed E-state index contributed by atoms with van der Waals surface area (Å²) in [5.74, 6) is 0. The van der Waals surface area contributed by atoms with Crippen LogP contribution in [-0.2, 0) is 0 Å². The lowest BCUT2D eigenvalue weighted by molar-refractivity contribution is 0.426. The molecule has 5 aromatic rings. The summed E-state index contributed by atoms with van der Waals surface area (Å²) in [6.45, 7) is 0. The molecular weight excluding hydrogens is 321 g/mol. The Kier molecular flexibility index (Phi) is 3.35. The normalized spacial score (nSPS) is 11.5. The maximum atomic E-state index is 9.97. The summed E-state index contributed by atoms with van der Waals surface area (Å²) in [6, 6.07) is 28.3. The summed E-state index contributed by atoms with van der Waals surface area (Å²) in [5, 5.41) is 24.4. The molecule has 0 saturated carbocycles. The molecule has 2 N–H and O–H groups in total. The molecule has 0 saturated heterocycles. The van der Waals surface area contributed by atoms with Crippen LogP contribution >= 0.6 is 0 Å². The van der Waals surface area contributed by atoms with E-state index in [2.05, 4.69) is 28.8 Å². The number of benzene rings is 4. The van der Waals surface area contributed by atoms with Crippen LogP contribution in [0.4, 0.5) is 0 Å².